The summed E-state index contributed by atoms with van der Waals surface area (Å²) >= 11 is 5.86. The van der Waals surface area contributed by atoms with Crippen LogP contribution in [0.4, 0.5) is 5.69 Å². The minimum Gasteiger partial charge on any atom is -0.497 e. The largest absolute Gasteiger partial charge is 0.497 e. The van der Waals surface area contributed by atoms with Gasteiger partial charge in [0.15, 0.2) is 5.96 Å². The topological polar surface area (TPSA) is 59.6 Å². The molecule has 0 aromatic heterocycles. The van der Waals surface area contributed by atoms with E-state index in [-0.39, 0.29) is 24.0 Å². The van der Waals surface area contributed by atoms with Gasteiger partial charge in [-0.3, -0.25) is 4.99 Å². The Bertz CT molecular complexity index is 615. The summed E-state index contributed by atoms with van der Waals surface area (Å²) < 4.78 is 5.11. The molecule has 2 aromatic carbocycles. The molecule has 0 amide bonds. The second kappa shape index (κ2) is 10.3. The molecular weight excluding hydrogens is 425 g/mol. The summed E-state index contributed by atoms with van der Waals surface area (Å²) in [6.07, 6.45) is 1.89. The van der Waals surface area contributed by atoms with E-state index in [1.165, 1.54) is 5.56 Å². The van der Waals surface area contributed by atoms with E-state index in [1.807, 2.05) is 48.5 Å². The van der Waals surface area contributed by atoms with Crippen LogP contribution in [0, 0.1) is 0 Å². The first kappa shape index (κ1) is 19.6. The average molecular weight is 446 g/mol. The quantitative estimate of drug-likeness (QED) is 0.301. The van der Waals surface area contributed by atoms with Gasteiger partial charge in [0, 0.05) is 17.3 Å². The number of benzene rings is 2. The molecule has 3 N–H and O–H groups in total. The number of methoxy groups -OCH3 is 1. The van der Waals surface area contributed by atoms with Gasteiger partial charge < -0.3 is 15.8 Å². The number of guanidine groups is 1. The van der Waals surface area contributed by atoms with Crippen molar-refractivity contribution in [2.24, 2.45) is 10.7 Å². The van der Waals surface area contributed by atoms with E-state index < -0.39 is 0 Å². The number of aliphatic imine (C=N–C) groups is 1. The Morgan fingerprint density at radius 1 is 1.13 bits per heavy atom. The van der Waals surface area contributed by atoms with Crippen molar-refractivity contribution in [1.29, 1.82) is 0 Å². The third-order valence-electron chi connectivity index (χ3n) is 3.18. The van der Waals surface area contributed by atoms with Crippen molar-refractivity contribution in [2.45, 2.75) is 12.8 Å². The molecule has 0 spiro atoms. The summed E-state index contributed by atoms with van der Waals surface area (Å²) in [6, 6.07) is 15.4. The number of anilines is 1. The molecule has 2 rings (SSSR count). The molecule has 0 heterocycles. The van der Waals surface area contributed by atoms with Gasteiger partial charge in [0.05, 0.1) is 7.11 Å². The molecule has 0 aliphatic rings. The van der Waals surface area contributed by atoms with Crippen LogP contribution in [-0.2, 0) is 6.42 Å². The number of aryl methyl sites for hydroxylation is 1. The molecule has 0 atom stereocenters. The van der Waals surface area contributed by atoms with E-state index in [1.54, 1.807) is 7.11 Å². The highest BCUT2D eigenvalue weighted by Gasteiger charge is 1.97. The Labute approximate surface area is 159 Å². The maximum atomic E-state index is 5.87. The molecule has 0 aliphatic heterocycles. The van der Waals surface area contributed by atoms with Gasteiger partial charge in [-0.1, -0.05) is 23.7 Å². The second-order valence-corrected chi connectivity index (χ2v) is 5.29. The van der Waals surface area contributed by atoms with Crippen molar-refractivity contribution in [2.75, 3.05) is 19.0 Å². The van der Waals surface area contributed by atoms with Crippen LogP contribution in [0.15, 0.2) is 53.5 Å². The third-order valence-corrected chi connectivity index (χ3v) is 3.43. The Kier molecular flexibility index (Phi) is 8.79. The van der Waals surface area contributed by atoms with E-state index in [4.69, 9.17) is 22.1 Å². The standard InChI is InChI=1S/C17H20ClN3O.HI/c1-22-16-10-8-15(9-11-16)21-17(19)20-12-2-3-13-4-6-14(18)7-5-13;/h4-11H,2-3,12H2,1H3,(H3,19,20,21);1H. The van der Waals surface area contributed by atoms with Gasteiger partial charge in [-0.15, -0.1) is 24.0 Å². The number of nitrogens with one attached hydrogen (secondary N) is 1. The summed E-state index contributed by atoms with van der Waals surface area (Å²) in [5, 5.41) is 3.81. The van der Waals surface area contributed by atoms with Crippen molar-refractivity contribution < 1.29 is 4.74 Å². The summed E-state index contributed by atoms with van der Waals surface area (Å²) in [5.74, 6) is 1.23. The molecule has 2 aromatic rings. The van der Waals surface area contributed by atoms with Crippen molar-refractivity contribution >= 4 is 47.2 Å². The predicted molar refractivity (Wildman–Crippen MR) is 108 cm³/mol. The molecule has 0 saturated heterocycles. The normalized spacial score (nSPS) is 10.8. The van der Waals surface area contributed by atoms with Crippen LogP contribution in [0.3, 0.4) is 0 Å². The van der Waals surface area contributed by atoms with Gasteiger partial charge in [-0.25, -0.2) is 0 Å². The van der Waals surface area contributed by atoms with Crippen molar-refractivity contribution in [3.63, 3.8) is 0 Å². The van der Waals surface area contributed by atoms with Crippen LogP contribution in [0.5, 0.6) is 5.75 Å². The van der Waals surface area contributed by atoms with Gasteiger partial charge in [-0.05, 0) is 54.8 Å². The summed E-state index contributed by atoms with van der Waals surface area (Å²) in [7, 11) is 1.64. The second-order valence-electron chi connectivity index (χ2n) is 4.85. The lowest BCUT2D eigenvalue weighted by Crippen LogP contribution is -2.22. The fourth-order valence-corrected chi connectivity index (χ4v) is 2.12. The molecule has 0 unspecified atom stereocenters. The zero-order valence-electron chi connectivity index (χ0n) is 13.0. The number of nitrogens with zero attached hydrogens (tertiary/aromatic N) is 1. The zero-order valence-corrected chi connectivity index (χ0v) is 16.0. The number of hydrogen-bond acceptors (Lipinski definition) is 2. The number of hydrogen-bond donors (Lipinski definition) is 2. The zero-order chi connectivity index (χ0) is 15.8. The Morgan fingerprint density at radius 3 is 2.39 bits per heavy atom. The first-order valence-electron chi connectivity index (χ1n) is 7.13. The first-order chi connectivity index (χ1) is 10.7. The Morgan fingerprint density at radius 2 is 1.78 bits per heavy atom. The number of nitrogens with two attached hydrogens (primary N) is 1. The van der Waals surface area contributed by atoms with E-state index in [0.717, 1.165) is 29.3 Å². The van der Waals surface area contributed by atoms with Gasteiger partial charge in [0.1, 0.15) is 5.75 Å². The number of ether oxygens (including phenoxy) is 1. The van der Waals surface area contributed by atoms with Gasteiger partial charge in [-0.2, -0.15) is 0 Å². The minimum atomic E-state index is 0. The lowest BCUT2D eigenvalue weighted by molar-refractivity contribution is 0.415. The van der Waals surface area contributed by atoms with Crippen molar-refractivity contribution in [3.05, 3.63) is 59.1 Å². The highest BCUT2D eigenvalue weighted by molar-refractivity contribution is 14.0. The molecule has 23 heavy (non-hydrogen) atoms. The number of halogens is 2. The van der Waals surface area contributed by atoms with E-state index in [0.29, 0.717) is 12.5 Å². The van der Waals surface area contributed by atoms with Crippen molar-refractivity contribution in [3.8, 4) is 5.75 Å². The smallest absolute Gasteiger partial charge is 0.193 e. The third kappa shape index (κ3) is 7.09. The monoisotopic (exact) mass is 445 g/mol. The highest BCUT2D eigenvalue weighted by Crippen LogP contribution is 2.14. The molecule has 0 bridgehead atoms. The maximum absolute atomic E-state index is 5.87. The first-order valence-corrected chi connectivity index (χ1v) is 7.50. The minimum absolute atomic E-state index is 0. The molecule has 0 aliphatic carbocycles. The van der Waals surface area contributed by atoms with Gasteiger partial charge >= 0.3 is 0 Å². The summed E-state index contributed by atoms with van der Waals surface area (Å²) in [4.78, 5) is 4.32. The fraction of sp³-hybridized carbons (Fsp3) is 0.235. The van der Waals surface area contributed by atoms with E-state index >= 15 is 0 Å². The van der Waals surface area contributed by atoms with Crippen LogP contribution < -0.4 is 15.8 Å². The van der Waals surface area contributed by atoms with Crippen molar-refractivity contribution in [1.82, 2.24) is 0 Å². The van der Waals surface area contributed by atoms with Crippen LogP contribution in [-0.4, -0.2) is 19.6 Å². The van der Waals surface area contributed by atoms with Crippen LogP contribution in [0.1, 0.15) is 12.0 Å². The molecule has 124 valence electrons. The average Bonchev–Trinajstić information content (AvgIpc) is 2.54. The lowest BCUT2D eigenvalue weighted by Gasteiger charge is -2.06. The highest BCUT2D eigenvalue weighted by atomic mass is 127. The Hall–Kier alpha value is -1.47. The van der Waals surface area contributed by atoms with E-state index in [2.05, 4.69) is 10.3 Å². The fourth-order valence-electron chi connectivity index (χ4n) is 2.00. The predicted octanol–water partition coefficient (Wildman–Crippen LogP) is 4.33. The summed E-state index contributed by atoms with van der Waals surface area (Å²) in [6.45, 7) is 0.678. The molecule has 0 fully saturated rings. The summed E-state index contributed by atoms with van der Waals surface area (Å²) in [5.41, 5.74) is 8.01. The molecular formula is C17H21ClIN3O. The van der Waals surface area contributed by atoms with Gasteiger partial charge in [0.25, 0.3) is 0 Å². The maximum Gasteiger partial charge on any atom is 0.193 e. The lowest BCUT2D eigenvalue weighted by atomic mass is 10.1. The molecule has 0 saturated carbocycles. The SMILES string of the molecule is COc1ccc(NC(N)=NCCCc2ccc(Cl)cc2)cc1.I. The molecule has 6 heteroatoms. The van der Waals surface area contributed by atoms with Gasteiger partial charge in [0.2, 0.25) is 0 Å². The van der Waals surface area contributed by atoms with Crippen LogP contribution in [0.25, 0.3) is 0 Å². The number of rotatable bonds is 6. The van der Waals surface area contributed by atoms with Crippen LogP contribution >= 0.6 is 35.6 Å². The molecule has 0 radical (unpaired) electrons. The molecule has 4 nitrogen and oxygen atoms in total. The Balaban J connectivity index is 0.00000264. The van der Waals surface area contributed by atoms with Crippen LogP contribution in [0.2, 0.25) is 5.02 Å². The van der Waals surface area contributed by atoms with E-state index in [9.17, 15) is 0 Å².